The van der Waals surface area contributed by atoms with Crippen molar-refractivity contribution in [2.45, 2.75) is 62.7 Å². The Labute approximate surface area is 224 Å². The molecule has 1 aliphatic heterocycles. The molecular weight excluding hydrogens is 510 g/mol. The van der Waals surface area contributed by atoms with E-state index in [9.17, 15) is 34.2 Å². The van der Waals surface area contributed by atoms with Gasteiger partial charge in [0.25, 0.3) is 0 Å². The van der Waals surface area contributed by atoms with E-state index < -0.39 is 53.8 Å². The summed E-state index contributed by atoms with van der Waals surface area (Å²) in [6.45, 7) is 0.661. The molecule has 210 valence electrons. The van der Waals surface area contributed by atoms with E-state index in [1.807, 2.05) is 0 Å². The number of imidazole rings is 1. The summed E-state index contributed by atoms with van der Waals surface area (Å²) in [6, 6.07) is 1.72. The summed E-state index contributed by atoms with van der Waals surface area (Å²) >= 11 is 0. The smallest absolute Gasteiger partial charge is 0.326 e. The first-order valence-electron chi connectivity index (χ1n) is 12.5. The van der Waals surface area contributed by atoms with Gasteiger partial charge in [-0.1, -0.05) is 12.1 Å². The van der Waals surface area contributed by atoms with Crippen LogP contribution in [0.25, 0.3) is 0 Å². The SMILES string of the molecule is NC(=O)CCC(NC(=O)C1CCCN1)C(=O)NC(Cc1ccc(O)cc1)C(=O)NC(Cc1cnc[nH]1)C(=O)O. The highest BCUT2D eigenvalue weighted by atomic mass is 16.4. The maximum Gasteiger partial charge on any atom is 0.326 e. The molecule has 0 spiro atoms. The third kappa shape index (κ3) is 9.10. The van der Waals surface area contributed by atoms with Crippen LogP contribution in [0.4, 0.5) is 0 Å². The van der Waals surface area contributed by atoms with Gasteiger partial charge in [-0.15, -0.1) is 0 Å². The van der Waals surface area contributed by atoms with Crippen LogP contribution in [-0.2, 0) is 36.8 Å². The van der Waals surface area contributed by atoms with Gasteiger partial charge >= 0.3 is 5.97 Å². The molecule has 1 saturated heterocycles. The van der Waals surface area contributed by atoms with Gasteiger partial charge in [0.15, 0.2) is 0 Å². The van der Waals surface area contributed by atoms with Gasteiger partial charge in [0, 0.05) is 31.2 Å². The maximum atomic E-state index is 13.3. The van der Waals surface area contributed by atoms with Crippen molar-refractivity contribution in [1.29, 1.82) is 0 Å². The molecule has 14 heteroatoms. The second-order valence-corrected chi connectivity index (χ2v) is 9.33. The fourth-order valence-electron chi connectivity index (χ4n) is 4.17. The van der Waals surface area contributed by atoms with Crippen molar-refractivity contribution in [3.8, 4) is 5.75 Å². The van der Waals surface area contributed by atoms with Crippen LogP contribution in [0, 0.1) is 0 Å². The molecule has 0 radical (unpaired) electrons. The molecule has 0 saturated carbocycles. The number of phenols is 1. The third-order valence-corrected chi connectivity index (χ3v) is 6.29. The molecule has 1 aromatic heterocycles. The molecule has 39 heavy (non-hydrogen) atoms. The summed E-state index contributed by atoms with van der Waals surface area (Å²) in [7, 11) is 0. The quantitative estimate of drug-likeness (QED) is 0.138. The molecule has 1 fully saturated rings. The minimum atomic E-state index is -1.32. The van der Waals surface area contributed by atoms with Gasteiger partial charge in [-0.25, -0.2) is 9.78 Å². The number of nitrogens with two attached hydrogens (primary N) is 1. The molecule has 9 N–H and O–H groups in total. The number of benzene rings is 1. The lowest BCUT2D eigenvalue weighted by atomic mass is 10.0. The number of carboxylic acid groups (broad SMARTS) is 1. The number of aliphatic carboxylic acids is 1. The average molecular weight is 544 g/mol. The number of nitrogens with one attached hydrogen (secondary N) is 5. The number of rotatable bonds is 14. The number of carbonyl (C=O) groups excluding carboxylic acids is 4. The van der Waals surface area contributed by atoms with E-state index in [1.165, 1.54) is 24.7 Å². The predicted molar refractivity (Wildman–Crippen MR) is 137 cm³/mol. The Morgan fingerprint density at radius 2 is 1.69 bits per heavy atom. The summed E-state index contributed by atoms with van der Waals surface area (Å²) < 4.78 is 0. The van der Waals surface area contributed by atoms with Gasteiger partial charge in [-0.2, -0.15) is 0 Å². The lowest BCUT2D eigenvalue weighted by Gasteiger charge is -2.25. The van der Waals surface area contributed by atoms with Crippen LogP contribution >= 0.6 is 0 Å². The molecule has 0 bridgehead atoms. The second kappa shape index (κ2) is 13.9. The number of aromatic nitrogens is 2. The highest BCUT2D eigenvalue weighted by molar-refractivity contribution is 5.94. The minimum absolute atomic E-state index is 0.00374. The third-order valence-electron chi connectivity index (χ3n) is 6.29. The highest BCUT2D eigenvalue weighted by Crippen LogP contribution is 2.13. The van der Waals surface area contributed by atoms with Crippen molar-refractivity contribution in [1.82, 2.24) is 31.2 Å². The van der Waals surface area contributed by atoms with Crippen LogP contribution in [0.1, 0.15) is 36.9 Å². The van der Waals surface area contributed by atoms with Gasteiger partial charge in [-0.3, -0.25) is 19.2 Å². The van der Waals surface area contributed by atoms with Crippen molar-refractivity contribution in [2.24, 2.45) is 5.73 Å². The Morgan fingerprint density at radius 3 is 2.28 bits per heavy atom. The Morgan fingerprint density at radius 1 is 1.00 bits per heavy atom. The lowest BCUT2D eigenvalue weighted by Crippen LogP contribution is -2.57. The van der Waals surface area contributed by atoms with Crippen molar-refractivity contribution < 1.29 is 34.2 Å². The Hall–Kier alpha value is -4.46. The summed E-state index contributed by atoms with van der Waals surface area (Å²) in [5.74, 6) is -3.88. The number of carboxylic acids is 1. The van der Waals surface area contributed by atoms with E-state index >= 15 is 0 Å². The van der Waals surface area contributed by atoms with E-state index in [0.717, 1.165) is 6.42 Å². The first-order valence-corrected chi connectivity index (χ1v) is 12.5. The fraction of sp³-hybridized carbons (Fsp3) is 0.440. The molecule has 3 rings (SSSR count). The number of hydrogen-bond acceptors (Lipinski definition) is 8. The molecule has 1 aromatic carbocycles. The van der Waals surface area contributed by atoms with Crippen LogP contribution in [-0.4, -0.2) is 80.5 Å². The van der Waals surface area contributed by atoms with Crippen molar-refractivity contribution in [3.63, 3.8) is 0 Å². The number of nitrogens with zero attached hydrogens (tertiary/aromatic N) is 1. The fourth-order valence-corrected chi connectivity index (χ4v) is 4.17. The Balaban J connectivity index is 1.78. The van der Waals surface area contributed by atoms with Crippen LogP contribution in [0.15, 0.2) is 36.8 Å². The van der Waals surface area contributed by atoms with Crippen LogP contribution in [0.5, 0.6) is 5.75 Å². The van der Waals surface area contributed by atoms with E-state index in [4.69, 9.17) is 5.73 Å². The molecule has 2 heterocycles. The van der Waals surface area contributed by atoms with Crippen LogP contribution in [0.3, 0.4) is 0 Å². The number of phenolic OH excluding ortho intramolecular Hbond substituents is 1. The normalized spacial score (nSPS) is 17.0. The molecule has 2 aromatic rings. The molecule has 4 atom stereocenters. The van der Waals surface area contributed by atoms with Gasteiger partial charge in [0.1, 0.15) is 23.9 Å². The van der Waals surface area contributed by atoms with Crippen molar-refractivity contribution in [2.75, 3.05) is 6.54 Å². The zero-order valence-electron chi connectivity index (χ0n) is 21.2. The van der Waals surface area contributed by atoms with E-state index in [2.05, 4.69) is 31.2 Å². The molecular formula is C25H33N7O7. The minimum Gasteiger partial charge on any atom is -0.508 e. The Bertz CT molecular complexity index is 1150. The molecule has 4 unspecified atom stereocenters. The number of carbonyl (C=O) groups is 5. The van der Waals surface area contributed by atoms with E-state index in [-0.39, 0.29) is 31.4 Å². The first kappa shape index (κ1) is 29.1. The van der Waals surface area contributed by atoms with Crippen LogP contribution < -0.4 is 27.0 Å². The first-order chi connectivity index (χ1) is 18.6. The van der Waals surface area contributed by atoms with E-state index in [1.54, 1.807) is 12.1 Å². The summed E-state index contributed by atoms with van der Waals surface area (Å²) in [5.41, 5.74) is 6.31. The largest absolute Gasteiger partial charge is 0.508 e. The maximum absolute atomic E-state index is 13.3. The summed E-state index contributed by atoms with van der Waals surface area (Å²) in [4.78, 5) is 69.1. The van der Waals surface area contributed by atoms with Crippen molar-refractivity contribution in [3.05, 3.63) is 48.0 Å². The monoisotopic (exact) mass is 543 g/mol. The van der Waals surface area contributed by atoms with E-state index in [0.29, 0.717) is 24.2 Å². The van der Waals surface area contributed by atoms with Gasteiger partial charge in [0.2, 0.25) is 23.6 Å². The topological polar surface area (TPSA) is 229 Å². The molecule has 1 aliphatic rings. The summed E-state index contributed by atoms with van der Waals surface area (Å²) in [6.07, 6.45) is 3.81. The molecule has 0 aliphatic carbocycles. The highest BCUT2D eigenvalue weighted by Gasteiger charge is 2.32. The standard InChI is InChI=1S/C25H33N7O7/c26-21(34)8-7-18(30-22(35)17-2-1-9-28-17)23(36)31-19(10-14-3-5-16(33)6-4-14)24(37)32-20(25(38)39)11-15-12-27-13-29-15/h3-6,12-13,17-20,28,33H,1-2,7-11H2,(H2,26,34)(H,27,29)(H,30,35)(H,31,36)(H,32,37)(H,38,39). The summed E-state index contributed by atoms with van der Waals surface area (Å²) in [5, 5.41) is 29.9. The predicted octanol–water partition coefficient (Wildman–Crippen LogP) is -1.54. The van der Waals surface area contributed by atoms with Gasteiger partial charge in [0.05, 0.1) is 12.4 Å². The lowest BCUT2D eigenvalue weighted by molar-refractivity contribution is -0.142. The number of hydrogen-bond donors (Lipinski definition) is 8. The number of amides is 4. The van der Waals surface area contributed by atoms with Crippen molar-refractivity contribution >= 4 is 29.6 Å². The number of H-pyrrole nitrogens is 1. The number of aromatic amines is 1. The number of primary amides is 1. The molecule has 4 amide bonds. The molecule has 14 nitrogen and oxygen atoms in total. The van der Waals surface area contributed by atoms with Gasteiger partial charge < -0.3 is 42.2 Å². The number of aromatic hydroxyl groups is 1. The Kier molecular flexibility index (Phi) is 10.4. The van der Waals surface area contributed by atoms with Crippen LogP contribution in [0.2, 0.25) is 0 Å². The zero-order chi connectivity index (χ0) is 28.4. The second-order valence-electron chi connectivity index (χ2n) is 9.33. The van der Waals surface area contributed by atoms with Gasteiger partial charge in [-0.05, 0) is 43.5 Å². The average Bonchev–Trinajstić information content (AvgIpc) is 3.61. The zero-order valence-corrected chi connectivity index (χ0v) is 21.2.